The first-order chi connectivity index (χ1) is 10.1. The van der Waals surface area contributed by atoms with Crippen molar-refractivity contribution in [2.24, 2.45) is 5.73 Å². The molecular formula is C16H20N4O. The molecule has 5 nitrogen and oxygen atoms in total. The molecule has 5 heteroatoms. The molecule has 0 spiro atoms. The number of fused-ring (bicyclic) bond motifs is 1. The maximum absolute atomic E-state index is 5.97. The lowest BCUT2D eigenvalue weighted by molar-refractivity contribution is 0.242. The maximum atomic E-state index is 5.97. The number of aromatic nitrogens is 2. The SMILES string of the molecule is Cc1cc2c(c(-c3ccc(N(C)C)nn3)c1)OC(CN)C2. The molecule has 1 aliphatic heterocycles. The van der Waals surface area contributed by atoms with Gasteiger partial charge in [-0.3, -0.25) is 0 Å². The minimum absolute atomic E-state index is 0.0644. The van der Waals surface area contributed by atoms with Gasteiger partial charge in [-0.05, 0) is 36.2 Å². The van der Waals surface area contributed by atoms with Crippen molar-refractivity contribution in [2.75, 3.05) is 25.5 Å². The highest BCUT2D eigenvalue weighted by Crippen LogP contribution is 2.39. The lowest BCUT2D eigenvalue weighted by Crippen LogP contribution is -2.24. The second kappa shape index (κ2) is 5.33. The van der Waals surface area contributed by atoms with Gasteiger partial charge in [0.1, 0.15) is 11.9 Å². The molecule has 1 atom stereocenters. The fourth-order valence-electron chi connectivity index (χ4n) is 2.62. The van der Waals surface area contributed by atoms with Gasteiger partial charge in [0.25, 0.3) is 0 Å². The molecule has 2 heterocycles. The summed E-state index contributed by atoms with van der Waals surface area (Å²) in [5, 5.41) is 8.58. The molecule has 0 amide bonds. The number of rotatable bonds is 3. The van der Waals surface area contributed by atoms with Crippen molar-refractivity contribution in [1.29, 1.82) is 0 Å². The number of nitrogens with zero attached hydrogens (tertiary/aromatic N) is 3. The first kappa shape index (κ1) is 13.8. The molecule has 1 aromatic heterocycles. The molecule has 0 aliphatic carbocycles. The van der Waals surface area contributed by atoms with Gasteiger partial charge in [-0.25, -0.2) is 0 Å². The van der Waals surface area contributed by atoms with Gasteiger partial charge in [0.15, 0.2) is 5.82 Å². The number of ether oxygens (including phenoxy) is 1. The summed E-state index contributed by atoms with van der Waals surface area (Å²) in [6, 6.07) is 8.20. The molecule has 0 radical (unpaired) electrons. The summed E-state index contributed by atoms with van der Waals surface area (Å²) in [6.45, 7) is 2.61. The van der Waals surface area contributed by atoms with Crippen molar-refractivity contribution < 1.29 is 4.74 Å². The smallest absolute Gasteiger partial charge is 0.150 e. The van der Waals surface area contributed by atoms with Crippen LogP contribution in [0.25, 0.3) is 11.3 Å². The summed E-state index contributed by atoms with van der Waals surface area (Å²) in [5.74, 6) is 1.74. The van der Waals surface area contributed by atoms with Crippen LogP contribution in [0, 0.1) is 6.92 Å². The van der Waals surface area contributed by atoms with E-state index in [1.54, 1.807) is 0 Å². The Kier molecular flexibility index (Phi) is 3.51. The Bertz CT molecular complexity index is 652. The normalized spacial score (nSPS) is 16.5. The summed E-state index contributed by atoms with van der Waals surface area (Å²) in [7, 11) is 3.89. The molecule has 0 fully saturated rings. The van der Waals surface area contributed by atoms with E-state index in [1.165, 1.54) is 11.1 Å². The van der Waals surface area contributed by atoms with Crippen LogP contribution >= 0.6 is 0 Å². The van der Waals surface area contributed by atoms with E-state index in [4.69, 9.17) is 10.5 Å². The number of anilines is 1. The molecule has 21 heavy (non-hydrogen) atoms. The van der Waals surface area contributed by atoms with Gasteiger partial charge < -0.3 is 15.4 Å². The topological polar surface area (TPSA) is 64.3 Å². The highest BCUT2D eigenvalue weighted by Gasteiger charge is 2.25. The van der Waals surface area contributed by atoms with Crippen LogP contribution < -0.4 is 15.4 Å². The molecule has 1 unspecified atom stereocenters. The van der Waals surface area contributed by atoms with Gasteiger partial charge in [-0.15, -0.1) is 10.2 Å². The van der Waals surface area contributed by atoms with Crippen LogP contribution in [0.1, 0.15) is 11.1 Å². The average Bonchev–Trinajstić information content (AvgIpc) is 2.89. The number of benzene rings is 1. The molecule has 0 saturated carbocycles. The van der Waals surface area contributed by atoms with Crippen LogP contribution in [-0.2, 0) is 6.42 Å². The van der Waals surface area contributed by atoms with Gasteiger partial charge in [0.2, 0.25) is 0 Å². The van der Waals surface area contributed by atoms with E-state index >= 15 is 0 Å². The van der Waals surface area contributed by atoms with Crippen molar-refractivity contribution in [3.8, 4) is 17.0 Å². The first-order valence-electron chi connectivity index (χ1n) is 7.10. The summed E-state index contributed by atoms with van der Waals surface area (Å²) in [6.07, 6.45) is 0.929. The van der Waals surface area contributed by atoms with E-state index in [0.717, 1.165) is 29.2 Å². The minimum atomic E-state index is 0.0644. The standard InChI is InChI=1S/C16H20N4O/c1-10-6-11-8-12(9-17)21-16(11)13(7-10)14-4-5-15(19-18-14)20(2)3/h4-7,12H,8-9,17H2,1-3H3. The monoisotopic (exact) mass is 284 g/mol. The van der Waals surface area contributed by atoms with Crippen LogP contribution in [0.15, 0.2) is 24.3 Å². The number of hydrogen-bond donors (Lipinski definition) is 1. The third kappa shape index (κ3) is 2.56. The molecule has 1 aliphatic rings. The van der Waals surface area contributed by atoms with Crippen LogP contribution in [0.3, 0.4) is 0 Å². The number of nitrogens with two attached hydrogens (primary N) is 1. The second-order valence-corrected chi connectivity index (χ2v) is 5.65. The Labute approximate surface area is 124 Å². The zero-order valence-corrected chi connectivity index (χ0v) is 12.6. The summed E-state index contributed by atoms with van der Waals surface area (Å²) in [5.41, 5.74) is 9.97. The fourth-order valence-corrected chi connectivity index (χ4v) is 2.62. The Hall–Kier alpha value is -2.14. The third-order valence-electron chi connectivity index (χ3n) is 3.69. The van der Waals surface area contributed by atoms with E-state index in [1.807, 2.05) is 31.1 Å². The van der Waals surface area contributed by atoms with Crippen molar-refractivity contribution in [3.63, 3.8) is 0 Å². The number of hydrogen-bond acceptors (Lipinski definition) is 5. The van der Waals surface area contributed by atoms with Crippen LogP contribution in [0.4, 0.5) is 5.82 Å². The molecule has 3 rings (SSSR count). The molecule has 1 aromatic carbocycles. The fraction of sp³-hybridized carbons (Fsp3) is 0.375. The van der Waals surface area contributed by atoms with Crippen molar-refractivity contribution >= 4 is 5.82 Å². The Morgan fingerprint density at radius 3 is 2.71 bits per heavy atom. The predicted molar refractivity (Wildman–Crippen MR) is 83.7 cm³/mol. The predicted octanol–water partition coefficient (Wildman–Crippen LogP) is 1.78. The summed E-state index contributed by atoms with van der Waals surface area (Å²) >= 11 is 0. The Morgan fingerprint density at radius 1 is 1.29 bits per heavy atom. The average molecular weight is 284 g/mol. The van der Waals surface area contributed by atoms with Crippen LogP contribution in [-0.4, -0.2) is 36.9 Å². The van der Waals surface area contributed by atoms with Gasteiger partial charge in [0.05, 0.1) is 5.69 Å². The van der Waals surface area contributed by atoms with Gasteiger partial charge >= 0.3 is 0 Å². The summed E-state index contributed by atoms with van der Waals surface area (Å²) < 4.78 is 5.97. The highest BCUT2D eigenvalue weighted by atomic mass is 16.5. The van der Waals surface area contributed by atoms with Crippen molar-refractivity contribution in [3.05, 3.63) is 35.4 Å². The lowest BCUT2D eigenvalue weighted by atomic mass is 10.0. The largest absolute Gasteiger partial charge is 0.488 e. The second-order valence-electron chi connectivity index (χ2n) is 5.65. The van der Waals surface area contributed by atoms with Gasteiger partial charge in [-0.1, -0.05) is 6.07 Å². The Balaban J connectivity index is 2.03. The molecular weight excluding hydrogens is 264 g/mol. The number of aryl methyl sites for hydroxylation is 1. The molecule has 0 saturated heterocycles. The zero-order chi connectivity index (χ0) is 15.0. The minimum Gasteiger partial charge on any atom is -0.488 e. The molecule has 2 aromatic rings. The van der Waals surface area contributed by atoms with Crippen molar-refractivity contribution in [2.45, 2.75) is 19.4 Å². The quantitative estimate of drug-likeness (QED) is 0.930. The van der Waals surface area contributed by atoms with Crippen LogP contribution in [0.5, 0.6) is 5.75 Å². The highest BCUT2D eigenvalue weighted by molar-refractivity contribution is 5.71. The summed E-state index contributed by atoms with van der Waals surface area (Å²) in [4.78, 5) is 1.93. The van der Waals surface area contributed by atoms with E-state index in [0.29, 0.717) is 6.54 Å². The first-order valence-corrected chi connectivity index (χ1v) is 7.10. The van der Waals surface area contributed by atoms with Crippen LogP contribution in [0.2, 0.25) is 0 Å². The van der Waals surface area contributed by atoms with E-state index in [2.05, 4.69) is 29.3 Å². The molecule has 2 N–H and O–H groups in total. The Morgan fingerprint density at radius 2 is 2.10 bits per heavy atom. The van der Waals surface area contributed by atoms with Gasteiger partial charge in [-0.2, -0.15) is 0 Å². The third-order valence-corrected chi connectivity index (χ3v) is 3.69. The van der Waals surface area contributed by atoms with Crippen molar-refractivity contribution in [1.82, 2.24) is 10.2 Å². The lowest BCUT2D eigenvalue weighted by Gasteiger charge is -2.13. The van der Waals surface area contributed by atoms with E-state index < -0.39 is 0 Å². The zero-order valence-electron chi connectivity index (χ0n) is 12.6. The maximum Gasteiger partial charge on any atom is 0.150 e. The van der Waals surface area contributed by atoms with E-state index in [9.17, 15) is 0 Å². The molecule has 0 bridgehead atoms. The van der Waals surface area contributed by atoms with Gasteiger partial charge in [0, 0.05) is 32.6 Å². The van der Waals surface area contributed by atoms with E-state index in [-0.39, 0.29) is 6.10 Å². The molecule has 110 valence electrons.